The molecule has 6 rings (SSSR count). The van der Waals surface area contributed by atoms with Crippen molar-refractivity contribution in [3.63, 3.8) is 0 Å². The third kappa shape index (κ3) is 30.8. The van der Waals surface area contributed by atoms with Gasteiger partial charge < -0.3 is 9.84 Å². The summed E-state index contributed by atoms with van der Waals surface area (Å²) in [6, 6.07) is 0. The molecule has 8 atom stereocenters. The van der Waals surface area contributed by atoms with Crippen LogP contribution in [0.4, 0.5) is 0 Å². The van der Waals surface area contributed by atoms with Crippen LogP contribution in [0.2, 0.25) is 0 Å². The van der Waals surface area contributed by atoms with Gasteiger partial charge >= 0.3 is 5.97 Å². The maximum atomic E-state index is 11.2. The number of carbonyl (C=O) groups is 5. The summed E-state index contributed by atoms with van der Waals surface area (Å²) in [7, 11) is 0. The lowest BCUT2D eigenvalue weighted by molar-refractivity contribution is -0.145. The van der Waals surface area contributed by atoms with Crippen LogP contribution in [0.15, 0.2) is 69.9 Å². The topological polar surface area (TPSA) is 115 Å². The van der Waals surface area contributed by atoms with Crippen LogP contribution < -0.4 is 0 Å². The number of rotatable bonds is 12. The number of ether oxygens (including phenoxy) is 1. The summed E-state index contributed by atoms with van der Waals surface area (Å²) < 4.78 is 5.18. The molecule has 6 aliphatic carbocycles. The van der Waals surface area contributed by atoms with Crippen LogP contribution in [-0.4, -0.2) is 46.4 Å². The molecule has 69 heavy (non-hydrogen) atoms. The Morgan fingerprint density at radius 3 is 1.22 bits per heavy atom. The number of aliphatic hydroxyl groups excluding tert-OH is 1. The van der Waals surface area contributed by atoms with Gasteiger partial charge in [0.05, 0.1) is 6.10 Å². The minimum absolute atomic E-state index is 0.0243. The van der Waals surface area contributed by atoms with E-state index in [0.717, 1.165) is 83.0 Å². The third-order valence-corrected chi connectivity index (χ3v) is 14.1. The summed E-state index contributed by atoms with van der Waals surface area (Å²) >= 11 is 0. The molecule has 0 saturated heterocycles. The number of unbranched alkanes of at least 4 members (excludes halogenated alkanes) is 2. The van der Waals surface area contributed by atoms with Crippen molar-refractivity contribution >= 4 is 29.1 Å². The Balaban J connectivity index is 0.000000415. The summed E-state index contributed by atoms with van der Waals surface area (Å²) in [5.74, 6) is 5.78. The van der Waals surface area contributed by atoms with E-state index in [0.29, 0.717) is 58.6 Å². The van der Waals surface area contributed by atoms with Gasteiger partial charge in [-0.15, -0.1) is 0 Å². The monoisotopic (exact) mass is 959 g/mol. The van der Waals surface area contributed by atoms with Crippen molar-refractivity contribution in [1.29, 1.82) is 0 Å². The van der Waals surface area contributed by atoms with Gasteiger partial charge in [0.2, 0.25) is 0 Å². The lowest BCUT2D eigenvalue weighted by atomic mass is 9.83. The molecule has 0 heterocycles. The molecule has 0 aromatic rings. The van der Waals surface area contributed by atoms with Gasteiger partial charge in [-0.05, 0) is 184 Å². The molecule has 0 bridgehead atoms. The second-order valence-corrected chi connectivity index (χ2v) is 22.4. The van der Waals surface area contributed by atoms with Crippen LogP contribution in [0.1, 0.15) is 238 Å². The summed E-state index contributed by atoms with van der Waals surface area (Å²) in [5, 5.41) is 9.30. The lowest BCUT2D eigenvalue weighted by Gasteiger charge is -2.26. The van der Waals surface area contributed by atoms with Crippen molar-refractivity contribution in [3.8, 4) is 0 Å². The second-order valence-electron chi connectivity index (χ2n) is 22.4. The van der Waals surface area contributed by atoms with Crippen molar-refractivity contribution in [2.24, 2.45) is 41.4 Å². The highest BCUT2D eigenvalue weighted by atomic mass is 16.5. The summed E-state index contributed by atoms with van der Waals surface area (Å²) in [6.07, 6.45) is 35.3. The number of allylic oxidation sites excluding steroid dienone is 10. The SMILES string of the molecule is CC1=CC(=O)CC(CC(C)C)C1.CCC1CC(=O)C=C(C)C1.CCC1CC(C)=CC(O)C1.CCC1CC(C)=CC(OC(C)=O)C1.CCCCC1CC(=O)C=C(C)C1.CCCCC1CC(=O)C=C(C)C1. The Hall–Kier alpha value is -3.45. The molecule has 0 radical (unpaired) electrons. The van der Waals surface area contributed by atoms with E-state index < -0.39 is 0 Å². The van der Waals surface area contributed by atoms with Crippen molar-refractivity contribution in [3.05, 3.63) is 69.9 Å². The standard InChI is InChI=1S/C11H18O2.3C11H18O.C9H16O.C9H14O/c1-4-10-5-8(2)6-11(7-10)13-9(3)12;1-8(2)4-10-5-9(3)6-11(12)7-10;2*1-3-4-5-10-6-9(2)7-11(12)8-10;2*1-3-8-4-7(2)5-9(10)6-8/h6,10-11H,4-5,7H2,1-3H3;6,8,10H,4-5,7H2,1-3H3;2*7,10H,3-6,8H2,1-2H3;5,8-10H,3-4,6H2,1-2H3;5,8H,3-4,6H2,1-2H3. The van der Waals surface area contributed by atoms with Gasteiger partial charge in [-0.3, -0.25) is 24.0 Å². The van der Waals surface area contributed by atoms with Crippen molar-refractivity contribution in [2.45, 2.75) is 250 Å². The second kappa shape index (κ2) is 35.6. The Bertz CT molecular complexity index is 1720. The molecular weight excluding hydrogens is 857 g/mol. The van der Waals surface area contributed by atoms with E-state index >= 15 is 0 Å². The van der Waals surface area contributed by atoms with Crippen molar-refractivity contribution in [2.75, 3.05) is 0 Å². The normalized spacial score (nSPS) is 26.6. The largest absolute Gasteiger partial charge is 0.458 e. The molecule has 6 aliphatic rings. The van der Waals surface area contributed by atoms with Crippen LogP contribution in [0, 0.1) is 41.4 Å². The van der Waals surface area contributed by atoms with Gasteiger partial charge in [0.15, 0.2) is 23.1 Å². The van der Waals surface area contributed by atoms with E-state index in [4.69, 9.17) is 4.74 Å². The van der Waals surface area contributed by atoms with Crippen LogP contribution in [-0.2, 0) is 28.7 Å². The fraction of sp³-hybridized carbons (Fsp3) is 0.726. The zero-order valence-corrected chi connectivity index (χ0v) is 46.6. The highest BCUT2D eigenvalue weighted by molar-refractivity contribution is 5.92. The first-order valence-electron chi connectivity index (χ1n) is 27.6. The fourth-order valence-electron chi connectivity index (χ4n) is 10.9. The number of esters is 1. The average molecular weight is 959 g/mol. The van der Waals surface area contributed by atoms with Gasteiger partial charge in [-0.1, -0.05) is 133 Å². The molecule has 0 saturated carbocycles. The Morgan fingerprint density at radius 2 is 0.855 bits per heavy atom. The van der Waals surface area contributed by atoms with E-state index in [1.165, 1.54) is 105 Å². The summed E-state index contributed by atoms with van der Waals surface area (Å²) in [4.78, 5) is 55.3. The molecule has 0 aromatic carbocycles. The first-order valence-corrected chi connectivity index (χ1v) is 27.6. The quantitative estimate of drug-likeness (QED) is 0.153. The molecule has 392 valence electrons. The van der Waals surface area contributed by atoms with Crippen molar-refractivity contribution < 1.29 is 33.8 Å². The van der Waals surface area contributed by atoms with Crippen molar-refractivity contribution in [1.82, 2.24) is 0 Å². The minimum Gasteiger partial charge on any atom is -0.458 e. The number of carbonyl (C=O) groups excluding carboxylic acids is 5. The predicted octanol–water partition coefficient (Wildman–Crippen LogP) is 16.3. The number of aliphatic hydroxyl groups is 1. The van der Waals surface area contributed by atoms with Gasteiger partial charge in [-0.25, -0.2) is 0 Å². The van der Waals surface area contributed by atoms with E-state index in [1.807, 2.05) is 25.2 Å². The highest BCUT2D eigenvalue weighted by Gasteiger charge is 2.23. The maximum absolute atomic E-state index is 11.2. The molecule has 0 fully saturated rings. The smallest absolute Gasteiger partial charge is 0.303 e. The van der Waals surface area contributed by atoms with E-state index in [-0.39, 0.29) is 18.2 Å². The minimum atomic E-state index is -0.175. The molecule has 7 heteroatoms. The zero-order chi connectivity index (χ0) is 52.1. The maximum Gasteiger partial charge on any atom is 0.303 e. The molecule has 0 amide bonds. The number of hydrogen-bond acceptors (Lipinski definition) is 7. The van der Waals surface area contributed by atoms with Gasteiger partial charge in [0.25, 0.3) is 0 Å². The summed E-state index contributed by atoms with van der Waals surface area (Å²) in [5.41, 5.74) is 7.76. The first-order chi connectivity index (χ1) is 32.6. The zero-order valence-electron chi connectivity index (χ0n) is 46.6. The van der Waals surface area contributed by atoms with Gasteiger partial charge in [0.1, 0.15) is 6.10 Å². The van der Waals surface area contributed by atoms with E-state index in [9.17, 15) is 29.1 Å². The average Bonchev–Trinajstić information content (AvgIpc) is 3.23. The van der Waals surface area contributed by atoms with E-state index in [1.54, 1.807) is 12.2 Å². The first kappa shape index (κ1) is 63.6. The molecule has 1 N–H and O–H groups in total. The molecule has 8 unspecified atom stereocenters. The molecular formula is C62H102O7. The Morgan fingerprint density at radius 1 is 0.507 bits per heavy atom. The van der Waals surface area contributed by atoms with Gasteiger partial charge in [0, 0.05) is 32.6 Å². The van der Waals surface area contributed by atoms with E-state index in [2.05, 4.69) is 89.2 Å². The van der Waals surface area contributed by atoms with Crippen LogP contribution in [0.5, 0.6) is 0 Å². The number of ketones is 4. The highest BCUT2D eigenvalue weighted by Crippen LogP contribution is 2.31. The fourth-order valence-corrected chi connectivity index (χ4v) is 10.9. The molecule has 0 aromatic heterocycles. The molecule has 0 spiro atoms. The molecule has 7 nitrogen and oxygen atoms in total. The van der Waals surface area contributed by atoms with Gasteiger partial charge in [-0.2, -0.15) is 0 Å². The number of hydrogen-bond donors (Lipinski definition) is 1. The van der Waals surface area contributed by atoms with Crippen LogP contribution in [0.3, 0.4) is 0 Å². The van der Waals surface area contributed by atoms with Crippen LogP contribution >= 0.6 is 0 Å². The molecule has 0 aliphatic heterocycles. The lowest BCUT2D eigenvalue weighted by Crippen LogP contribution is -2.22. The van der Waals surface area contributed by atoms with Crippen LogP contribution in [0.25, 0.3) is 0 Å². The third-order valence-electron chi connectivity index (χ3n) is 14.1. The Kier molecular flexibility index (Phi) is 32.8. The summed E-state index contributed by atoms with van der Waals surface area (Å²) in [6.45, 7) is 29.3. The predicted molar refractivity (Wildman–Crippen MR) is 290 cm³/mol. The Labute approximate surface area is 423 Å².